The Hall–Kier alpha value is -1.59. The van der Waals surface area contributed by atoms with E-state index in [4.69, 9.17) is 28.4 Å². The van der Waals surface area contributed by atoms with E-state index >= 15 is 0 Å². The molecule has 0 aliphatic rings. The summed E-state index contributed by atoms with van der Waals surface area (Å²) in [6.45, 7) is 0.556. The van der Waals surface area contributed by atoms with Gasteiger partial charge >= 0.3 is 0 Å². The molecule has 0 fully saturated rings. The fraction of sp³-hybridized carbons (Fsp3) is 0.100. The normalized spacial score (nSPS) is 11.8. The first-order chi connectivity index (χ1) is 8.19. The minimum absolute atomic E-state index is 0.0932. The van der Waals surface area contributed by atoms with Crippen LogP contribution in [0, 0.1) is 0 Å². The average molecular weight is 271 g/mol. The zero-order chi connectivity index (χ0) is 12.3. The highest BCUT2D eigenvalue weighted by Crippen LogP contribution is 2.09. The fourth-order valence-corrected chi connectivity index (χ4v) is 1.75. The smallest absolute Gasteiger partial charge is 0.212 e. The molecule has 0 amide bonds. The molecular weight excluding hydrogens is 263 g/mol. The lowest BCUT2D eigenvalue weighted by Gasteiger charge is -2.06. The van der Waals surface area contributed by atoms with Crippen LogP contribution in [-0.2, 0) is 6.54 Å². The Morgan fingerprint density at radius 1 is 1.35 bits per heavy atom. The largest absolute Gasteiger partial charge is 0.409 e. The molecule has 2 aromatic rings. The van der Waals surface area contributed by atoms with Crippen LogP contribution in [0.3, 0.4) is 0 Å². The van der Waals surface area contributed by atoms with Gasteiger partial charge in [-0.15, -0.1) is 0 Å². The van der Waals surface area contributed by atoms with Crippen LogP contribution in [0.1, 0.15) is 5.56 Å². The number of hydrogen-bond donors (Lipinski definition) is 1. The van der Waals surface area contributed by atoms with Gasteiger partial charge < -0.3 is 9.77 Å². The maximum absolute atomic E-state index is 8.58. The monoisotopic (exact) mass is 270 g/mol. The van der Waals surface area contributed by atoms with Gasteiger partial charge in [-0.05, 0) is 17.7 Å². The van der Waals surface area contributed by atoms with Crippen LogP contribution in [0.2, 0.25) is 10.2 Å². The summed E-state index contributed by atoms with van der Waals surface area (Å²) < 4.78 is 1.75. The maximum Gasteiger partial charge on any atom is 0.212 e. The Balaban J connectivity index is 2.28. The Labute approximate surface area is 107 Å². The Kier molecular flexibility index (Phi) is 3.61. The Morgan fingerprint density at radius 3 is 2.82 bits per heavy atom. The number of rotatable bonds is 2. The standard InChI is InChI=1S/C10H8Cl2N4O/c11-8-5-16(6-14-10(8)15-17)4-7-1-2-13-9(12)3-7/h1-3,5-6,17H,4H2. The van der Waals surface area contributed by atoms with Gasteiger partial charge in [-0.2, -0.15) is 0 Å². The van der Waals surface area contributed by atoms with E-state index in [1.807, 2.05) is 6.07 Å². The molecule has 2 heterocycles. The molecule has 0 aromatic carbocycles. The summed E-state index contributed by atoms with van der Waals surface area (Å²) in [4.78, 5) is 7.77. The third-order valence-electron chi connectivity index (χ3n) is 2.07. The van der Waals surface area contributed by atoms with E-state index in [1.54, 1.807) is 23.0 Å². The van der Waals surface area contributed by atoms with Gasteiger partial charge in [0.25, 0.3) is 0 Å². The van der Waals surface area contributed by atoms with E-state index in [9.17, 15) is 0 Å². The number of nitrogens with zero attached hydrogens (tertiary/aromatic N) is 4. The topological polar surface area (TPSA) is 63.3 Å². The van der Waals surface area contributed by atoms with Gasteiger partial charge in [-0.3, -0.25) is 0 Å². The van der Waals surface area contributed by atoms with Crippen molar-refractivity contribution in [3.8, 4) is 0 Å². The summed E-state index contributed by atoms with van der Waals surface area (Å²) in [6.07, 6.45) is 4.78. The lowest BCUT2D eigenvalue weighted by Crippen LogP contribution is -2.13. The van der Waals surface area contributed by atoms with Crippen molar-refractivity contribution in [1.29, 1.82) is 0 Å². The summed E-state index contributed by atoms with van der Waals surface area (Å²) in [5.74, 6) is 0. The van der Waals surface area contributed by atoms with Crippen molar-refractivity contribution < 1.29 is 5.21 Å². The average Bonchev–Trinajstić information content (AvgIpc) is 2.29. The first-order valence-corrected chi connectivity index (χ1v) is 5.45. The van der Waals surface area contributed by atoms with Crippen molar-refractivity contribution in [3.63, 3.8) is 0 Å². The van der Waals surface area contributed by atoms with Gasteiger partial charge in [-0.25, -0.2) is 9.97 Å². The van der Waals surface area contributed by atoms with Gasteiger partial charge in [-0.1, -0.05) is 28.4 Å². The zero-order valence-corrected chi connectivity index (χ0v) is 10.1. The molecule has 17 heavy (non-hydrogen) atoms. The predicted molar refractivity (Wildman–Crippen MR) is 62.9 cm³/mol. The van der Waals surface area contributed by atoms with E-state index in [-0.39, 0.29) is 10.5 Å². The quantitative estimate of drug-likeness (QED) is 0.515. The minimum atomic E-state index is 0.0932. The van der Waals surface area contributed by atoms with Crippen LogP contribution < -0.4 is 5.49 Å². The number of pyridine rings is 1. The van der Waals surface area contributed by atoms with E-state index < -0.39 is 0 Å². The van der Waals surface area contributed by atoms with Crippen LogP contribution in [0.5, 0.6) is 0 Å². The third kappa shape index (κ3) is 2.95. The fourth-order valence-electron chi connectivity index (χ4n) is 1.34. The first-order valence-electron chi connectivity index (χ1n) is 4.69. The molecule has 0 saturated carbocycles. The number of halogens is 2. The second-order valence-electron chi connectivity index (χ2n) is 3.30. The molecule has 0 aliphatic heterocycles. The molecule has 0 radical (unpaired) electrons. The maximum atomic E-state index is 8.58. The SMILES string of the molecule is ON=c1ncn(Cc2ccnc(Cl)c2)cc1Cl. The van der Waals surface area contributed by atoms with Crippen molar-refractivity contribution in [2.45, 2.75) is 6.54 Å². The van der Waals surface area contributed by atoms with Crippen molar-refractivity contribution >= 4 is 23.2 Å². The van der Waals surface area contributed by atoms with Gasteiger partial charge in [0.2, 0.25) is 5.49 Å². The molecule has 0 bridgehead atoms. The molecule has 2 rings (SSSR count). The molecule has 88 valence electrons. The summed E-state index contributed by atoms with van der Waals surface area (Å²) in [7, 11) is 0. The van der Waals surface area contributed by atoms with Crippen molar-refractivity contribution in [1.82, 2.24) is 14.5 Å². The Bertz CT molecular complexity index is 597. The highest BCUT2D eigenvalue weighted by atomic mass is 35.5. The lowest BCUT2D eigenvalue weighted by molar-refractivity contribution is 0.298. The predicted octanol–water partition coefficient (Wildman–Crippen LogP) is 1.92. The zero-order valence-electron chi connectivity index (χ0n) is 8.59. The van der Waals surface area contributed by atoms with E-state index in [0.29, 0.717) is 11.7 Å². The third-order valence-corrected chi connectivity index (χ3v) is 2.55. The molecule has 0 saturated heterocycles. The first kappa shape index (κ1) is 11.9. The molecule has 0 spiro atoms. The lowest BCUT2D eigenvalue weighted by atomic mass is 10.3. The highest BCUT2D eigenvalue weighted by molar-refractivity contribution is 6.30. The van der Waals surface area contributed by atoms with Gasteiger partial charge in [0.15, 0.2) is 0 Å². The number of aromatic nitrogens is 3. The second kappa shape index (κ2) is 5.16. The second-order valence-corrected chi connectivity index (χ2v) is 4.10. The van der Waals surface area contributed by atoms with E-state index in [1.165, 1.54) is 6.33 Å². The van der Waals surface area contributed by atoms with Gasteiger partial charge in [0.05, 0.1) is 6.33 Å². The highest BCUT2D eigenvalue weighted by Gasteiger charge is 1.99. The minimum Gasteiger partial charge on any atom is -0.409 e. The molecule has 2 aromatic heterocycles. The van der Waals surface area contributed by atoms with Crippen LogP contribution in [0.15, 0.2) is 36.0 Å². The molecule has 7 heteroatoms. The van der Waals surface area contributed by atoms with Gasteiger partial charge in [0.1, 0.15) is 10.2 Å². The van der Waals surface area contributed by atoms with Crippen LogP contribution in [-0.4, -0.2) is 19.7 Å². The van der Waals surface area contributed by atoms with Crippen molar-refractivity contribution in [2.24, 2.45) is 5.16 Å². The molecule has 0 aliphatic carbocycles. The summed E-state index contributed by atoms with van der Waals surface area (Å²) in [5, 5.41) is 12.2. The van der Waals surface area contributed by atoms with Crippen LogP contribution in [0.25, 0.3) is 0 Å². The van der Waals surface area contributed by atoms with E-state index in [0.717, 1.165) is 5.56 Å². The molecular formula is C10H8Cl2N4O. The van der Waals surface area contributed by atoms with Crippen LogP contribution in [0.4, 0.5) is 0 Å². The van der Waals surface area contributed by atoms with Crippen LogP contribution >= 0.6 is 23.2 Å². The summed E-state index contributed by atoms with van der Waals surface area (Å²) in [5.41, 5.74) is 1.07. The molecule has 5 nitrogen and oxygen atoms in total. The molecule has 1 N–H and O–H groups in total. The molecule has 0 unspecified atom stereocenters. The molecule has 0 atom stereocenters. The van der Waals surface area contributed by atoms with E-state index in [2.05, 4.69) is 15.1 Å². The summed E-state index contributed by atoms with van der Waals surface area (Å²) in [6, 6.07) is 3.60. The number of hydrogen-bond acceptors (Lipinski definition) is 4. The van der Waals surface area contributed by atoms with Crippen molar-refractivity contribution in [3.05, 3.63) is 52.1 Å². The van der Waals surface area contributed by atoms with Crippen molar-refractivity contribution in [2.75, 3.05) is 0 Å². The summed E-state index contributed by atoms with van der Waals surface area (Å²) >= 11 is 11.6. The van der Waals surface area contributed by atoms with Gasteiger partial charge in [0, 0.05) is 18.9 Å². The Morgan fingerprint density at radius 2 is 2.18 bits per heavy atom.